The Labute approximate surface area is 88.8 Å². The van der Waals surface area contributed by atoms with E-state index in [0.717, 1.165) is 12.6 Å². The van der Waals surface area contributed by atoms with Gasteiger partial charge in [-0.2, -0.15) is 0 Å². The van der Waals surface area contributed by atoms with E-state index >= 15 is 0 Å². The Morgan fingerprint density at radius 2 is 1.64 bits per heavy atom. The molecule has 2 heteroatoms. The fourth-order valence-electron chi connectivity index (χ4n) is 2.47. The van der Waals surface area contributed by atoms with Crippen molar-refractivity contribution in [3.63, 3.8) is 0 Å². The third-order valence-electron chi connectivity index (χ3n) is 3.10. The third-order valence-corrected chi connectivity index (χ3v) is 3.10. The molecule has 2 nitrogen and oxygen atoms in total. The molecule has 0 aromatic rings. The van der Waals surface area contributed by atoms with Crippen molar-refractivity contribution >= 4 is 0 Å². The van der Waals surface area contributed by atoms with Gasteiger partial charge in [0.15, 0.2) is 0 Å². The fraction of sp³-hybridized carbons (Fsp3) is 1.00. The summed E-state index contributed by atoms with van der Waals surface area (Å²) >= 11 is 0. The number of hydrogen-bond donors (Lipinski definition) is 1. The number of likely N-dealkylation sites (N-methyl/N-ethyl adjacent to an activating group) is 1. The van der Waals surface area contributed by atoms with E-state index in [1.54, 1.807) is 0 Å². The van der Waals surface area contributed by atoms with Gasteiger partial charge in [-0.25, -0.2) is 0 Å². The SMILES string of the molecule is CN(CC(C)(C)N)C1CCCCCC1. The maximum atomic E-state index is 6.04. The minimum absolute atomic E-state index is 0.0545. The minimum atomic E-state index is -0.0545. The van der Waals surface area contributed by atoms with E-state index in [1.165, 1.54) is 38.5 Å². The first-order valence-corrected chi connectivity index (χ1v) is 5.98. The summed E-state index contributed by atoms with van der Waals surface area (Å²) in [6.07, 6.45) is 8.39. The average molecular weight is 198 g/mol. The summed E-state index contributed by atoms with van der Waals surface area (Å²) in [6.45, 7) is 5.23. The molecular weight excluding hydrogens is 172 g/mol. The number of rotatable bonds is 3. The first kappa shape index (κ1) is 12.0. The number of hydrogen-bond acceptors (Lipinski definition) is 2. The highest BCUT2D eigenvalue weighted by Gasteiger charge is 2.21. The highest BCUT2D eigenvalue weighted by molar-refractivity contribution is 4.80. The van der Waals surface area contributed by atoms with Gasteiger partial charge in [0, 0.05) is 18.1 Å². The van der Waals surface area contributed by atoms with Crippen LogP contribution in [0.3, 0.4) is 0 Å². The highest BCUT2D eigenvalue weighted by atomic mass is 15.1. The maximum Gasteiger partial charge on any atom is 0.0226 e. The summed E-state index contributed by atoms with van der Waals surface area (Å²) in [7, 11) is 2.23. The lowest BCUT2D eigenvalue weighted by molar-refractivity contribution is 0.185. The predicted octanol–water partition coefficient (Wildman–Crippen LogP) is 2.38. The topological polar surface area (TPSA) is 29.3 Å². The maximum absolute atomic E-state index is 6.04. The molecule has 0 aliphatic heterocycles. The molecule has 0 amide bonds. The Balaban J connectivity index is 2.37. The van der Waals surface area contributed by atoms with Crippen molar-refractivity contribution in [1.29, 1.82) is 0 Å². The van der Waals surface area contributed by atoms with Crippen LogP contribution in [0.4, 0.5) is 0 Å². The molecule has 0 radical (unpaired) electrons. The Morgan fingerprint density at radius 1 is 1.14 bits per heavy atom. The van der Waals surface area contributed by atoms with Crippen LogP contribution in [0.5, 0.6) is 0 Å². The van der Waals surface area contributed by atoms with Crippen LogP contribution in [0.15, 0.2) is 0 Å². The van der Waals surface area contributed by atoms with Crippen LogP contribution >= 0.6 is 0 Å². The van der Waals surface area contributed by atoms with Crippen molar-refractivity contribution in [1.82, 2.24) is 4.90 Å². The predicted molar refractivity (Wildman–Crippen MR) is 62.4 cm³/mol. The summed E-state index contributed by atoms with van der Waals surface area (Å²) in [4.78, 5) is 2.46. The van der Waals surface area contributed by atoms with Gasteiger partial charge in [0.25, 0.3) is 0 Å². The molecule has 0 saturated heterocycles. The quantitative estimate of drug-likeness (QED) is 0.706. The molecule has 14 heavy (non-hydrogen) atoms. The van der Waals surface area contributed by atoms with E-state index in [0.29, 0.717) is 0 Å². The van der Waals surface area contributed by atoms with Gasteiger partial charge in [0.1, 0.15) is 0 Å². The Bertz CT molecular complexity index is 152. The lowest BCUT2D eigenvalue weighted by Gasteiger charge is -2.32. The van der Waals surface area contributed by atoms with Crippen LogP contribution in [0.1, 0.15) is 52.4 Å². The molecule has 1 aliphatic carbocycles. The summed E-state index contributed by atoms with van der Waals surface area (Å²) in [5, 5.41) is 0. The van der Waals surface area contributed by atoms with E-state index in [1.807, 2.05) is 0 Å². The normalized spacial score (nSPS) is 21.2. The van der Waals surface area contributed by atoms with Gasteiger partial charge in [-0.1, -0.05) is 25.7 Å². The summed E-state index contributed by atoms with van der Waals surface area (Å²) < 4.78 is 0. The molecule has 2 N–H and O–H groups in total. The molecule has 0 spiro atoms. The highest BCUT2D eigenvalue weighted by Crippen LogP contribution is 2.21. The Kier molecular flexibility index (Phi) is 4.39. The van der Waals surface area contributed by atoms with E-state index < -0.39 is 0 Å². The Morgan fingerprint density at radius 3 is 2.07 bits per heavy atom. The monoisotopic (exact) mass is 198 g/mol. The van der Waals surface area contributed by atoms with Crippen molar-refractivity contribution in [2.75, 3.05) is 13.6 Å². The van der Waals surface area contributed by atoms with Gasteiger partial charge in [-0.05, 0) is 33.7 Å². The standard InChI is InChI=1S/C12H26N2/c1-12(2,13)10-14(3)11-8-6-4-5-7-9-11/h11H,4-10,13H2,1-3H3. The molecule has 0 aromatic carbocycles. The zero-order chi connectivity index (χ0) is 10.6. The summed E-state index contributed by atoms with van der Waals surface area (Å²) in [5.74, 6) is 0. The molecule has 1 aliphatic rings. The van der Waals surface area contributed by atoms with Gasteiger partial charge in [0.05, 0.1) is 0 Å². The lowest BCUT2D eigenvalue weighted by atomic mass is 10.0. The summed E-state index contributed by atoms with van der Waals surface area (Å²) in [6, 6.07) is 0.778. The second kappa shape index (κ2) is 5.13. The molecule has 0 bridgehead atoms. The van der Waals surface area contributed by atoms with Gasteiger partial charge in [0.2, 0.25) is 0 Å². The summed E-state index contributed by atoms with van der Waals surface area (Å²) in [5.41, 5.74) is 5.99. The van der Waals surface area contributed by atoms with Gasteiger partial charge < -0.3 is 10.6 Å². The zero-order valence-corrected chi connectivity index (χ0v) is 10.1. The van der Waals surface area contributed by atoms with Crippen LogP contribution in [0.2, 0.25) is 0 Å². The molecule has 84 valence electrons. The van der Waals surface area contributed by atoms with Crippen molar-refractivity contribution in [2.45, 2.75) is 64.0 Å². The van der Waals surface area contributed by atoms with Gasteiger partial charge >= 0.3 is 0 Å². The van der Waals surface area contributed by atoms with E-state index in [4.69, 9.17) is 5.73 Å². The van der Waals surface area contributed by atoms with Crippen LogP contribution in [-0.4, -0.2) is 30.1 Å². The first-order chi connectivity index (χ1) is 6.49. The minimum Gasteiger partial charge on any atom is -0.324 e. The van der Waals surface area contributed by atoms with E-state index in [9.17, 15) is 0 Å². The lowest BCUT2D eigenvalue weighted by Crippen LogP contribution is -2.47. The number of nitrogens with two attached hydrogens (primary N) is 1. The Hall–Kier alpha value is -0.0800. The molecule has 1 fully saturated rings. The molecular formula is C12H26N2. The molecule has 0 unspecified atom stereocenters. The molecule has 0 aromatic heterocycles. The molecule has 0 atom stereocenters. The third kappa shape index (κ3) is 4.43. The molecule has 0 heterocycles. The van der Waals surface area contributed by atoms with Crippen molar-refractivity contribution in [3.05, 3.63) is 0 Å². The van der Waals surface area contributed by atoms with Crippen LogP contribution in [-0.2, 0) is 0 Å². The molecule has 1 rings (SSSR count). The van der Waals surface area contributed by atoms with Crippen molar-refractivity contribution in [3.8, 4) is 0 Å². The van der Waals surface area contributed by atoms with Crippen molar-refractivity contribution < 1.29 is 0 Å². The van der Waals surface area contributed by atoms with Gasteiger partial charge in [-0.15, -0.1) is 0 Å². The van der Waals surface area contributed by atoms with Crippen LogP contribution in [0, 0.1) is 0 Å². The molecule has 1 saturated carbocycles. The van der Waals surface area contributed by atoms with Gasteiger partial charge in [-0.3, -0.25) is 0 Å². The van der Waals surface area contributed by atoms with Crippen molar-refractivity contribution in [2.24, 2.45) is 5.73 Å². The van der Waals surface area contributed by atoms with Crippen LogP contribution in [0.25, 0.3) is 0 Å². The van der Waals surface area contributed by atoms with Crippen LogP contribution < -0.4 is 5.73 Å². The smallest absolute Gasteiger partial charge is 0.0226 e. The van der Waals surface area contributed by atoms with E-state index in [-0.39, 0.29) is 5.54 Å². The zero-order valence-electron chi connectivity index (χ0n) is 10.1. The second-order valence-corrected chi connectivity index (χ2v) is 5.55. The number of nitrogens with zero attached hydrogens (tertiary/aromatic N) is 1. The first-order valence-electron chi connectivity index (χ1n) is 5.98. The van der Waals surface area contributed by atoms with E-state index in [2.05, 4.69) is 25.8 Å². The average Bonchev–Trinajstić information content (AvgIpc) is 2.27. The largest absolute Gasteiger partial charge is 0.324 e. The fourth-order valence-corrected chi connectivity index (χ4v) is 2.47. The second-order valence-electron chi connectivity index (χ2n) is 5.55.